The Morgan fingerprint density at radius 2 is 2.25 bits per heavy atom. The molecular formula is C11H14N4O. The minimum Gasteiger partial charge on any atom is -0.306 e. The van der Waals surface area contributed by atoms with E-state index in [1.165, 1.54) is 0 Å². The van der Waals surface area contributed by atoms with Crippen molar-refractivity contribution in [2.24, 2.45) is 7.05 Å². The summed E-state index contributed by atoms with van der Waals surface area (Å²) in [5, 5.41) is 4.06. The molecule has 0 aliphatic rings. The average Bonchev–Trinajstić information content (AvgIpc) is 2.69. The van der Waals surface area contributed by atoms with Crippen LogP contribution in [0.25, 0.3) is 11.4 Å². The standard InChI is InChI=1S/C11H14N4O/c1-4-9-7(2)11(16)14-10(13-9)8-5-12-15(3)6-8/h5-6H,4H2,1-3H3,(H,13,14,16). The number of hydrogen-bond acceptors (Lipinski definition) is 3. The lowest BCUT2D eigenvalue weighted by atomic mass is 10.2. The summed E-state index contributed by atoms with van der Waals surface area (Å²) in [7, 11) is 1.83. The van der Waals surface area contributed by atoms with Crippen molar-refractivity contribution in [2.75, 3.05) is 0 Å². The van der Waals surface area contributed by atoms with Crippen molar-refractivity contribution in [3.63, 3.8) is 0 Å². The zero-order valence-electron chi connectivity index (χ0n) is 9.61. The Morgan fingerprint density at radius 1 is 1.50 bits per heavy atom. The van der Waals surface area contributed by atoms with Crippen LogP contribution in [-0.2, 0) is 13.5 Å². The van der Waals surface area contributed by atoms with Crippen LogP contribution in [0.15, 0.2) is 17.2 Å². The lowest BCUT2D eigenvalue weighted by Crippen LogP contribution is -2.15. The molecule has 0 bridgehead atoms. The largest absolute Gasteiger partial charge is 0.306 e. The number of hydrogen-bond donors (Lipinski definition) is 1. The first-order valence-electron chi connectivity index (χ1n) is 5.20. The summed E-state index contributed by atoms with van der Waals surface area (Å²) >= 11 is 0. The van der Waals surface area contributed by atoms with Crippen LogP contribution in [0.3, 0.4) is 0 Å². The van der Waals surface area contributed by atoms with Crippen LogP contribution in [0, 0.1) is 6.92 Å². The first kappa shape index (κ1) is 10.6. The Morgan fingerprint density at radius 3 is 2.81 bits per heavy atom. The summed E-state index contributed by atoms with van der Waals surface area (Å²) in [5.41, 5.74) is 2.28. The highest BCUT2D eigenvalue weighted by Gasteiger charge is 2.08. The van der Waals surface area contributed by atoms with Crippen LogP contribution in [0.2, 0.25) is 0 Å². The Hall–Kier alpha value is -1.91. The summed E-state index contributed by atoms with van der Waals surface area (Å²) < 4.78 is 1.68. The number of nitrogens with one attached hydrogen (secondary N) is 1. The van der Waals surface area contributed by atoms with Gasteiger partial charge in [-0.25, -0.2) is 4.98 Å². The van der Waals surface area contributed by atoms with Crippen molar-refractivity contribution in [1.29, 1.82) is 0 Å². The molecule has 0 atom stereocenters. The minimum absolute atomic E-state index is 0.0781. The third-order valence-electron chi connectivity index (χ3n) is 2.57. The van der Waals surface area contributed by atoms with Gasteiger partial charge in [-0.2, -0.15) is 5.10 Å². The van der Waals surface area contributed by atoms with Gasteiger partial charge in [0, 0.05) is 18.8 Å². The monoisotopic (exact) mass is 218 g/mol. The molecule has 0 radical (unpaired) electrons. The van der Waals surface area contributed by atoms with Gasteiger partial charge in [0.05, 0.1) is 17.5 Å². The van der Waals surface area contributed by atoms with Gasteiger partial charge in [0.15, 0.2) is 0 Å². The molecule has 1 N–H and O–H groups in total. The lowest BCUT2D eigenvalue weighted by Gasteiger charge is -2.03. The second-order valence-electron chi connectivity index (χ2n) is 3.74. The van der Waals surface area contributed by atoms with E-state index in [0.29, 0.717) is 11.4 Å². The number of aryl methyl sites for hydroxylation is 2. The van der Waals surface area contributed by atoms with E-state index in [1.54, 1.807) is 17.8 Å². The normalized spacial score (nSPS) is 10.7. The zero-order valence-corrected chi connectivity index (χ0v) is 9.61. The molecule has 0 aliphatic heterocycles. The SMILES string of the molecule is CCc1nc(-c2cnn(C)c2)[nH]c(=O)c1C. The summed E-state index contributed by atoms with van der Waals surface area (Å²) in [4.78, 5) is 18.9. The van der Waals surface area contributed by atoms with Gasteiger partial charge in [0.1, 0.15) is 5.82 Å². The number of rotatable bonds is 2. The summed E-state index contributed by atoms with van der Waals surface area (Å²) in [6.07, 6.45) is 4.27. The predicted molar refractivity (Wildman–Crippen MR) is 61.2 cm³/mol. The fourth-order valence-corrected chi connectivity index (χ4v) is 1.60. The van der Waals surface area contributed by atoms with Crippen molar-refractivity contribution in [3.8, 4) is 11.4 Å². The minimum atomic E-state index is -0.0781. The maximum atomic E-state index is 11.7. The second kappa shape index (κ2) is 3.92. The zero-order chi connectivity index (χ0) is 11.7. The fourth-order valence-electron chi connectivity index (χ4n) is 1.60. The summed E-state index contributed by atoms with van der Waals surface area (Å²) in [6, 6.07) is 0. The molecule has 2 aromatic rings. The molecule has 2 rings (SSSR count). The maximum Gasteiger partial charge on any atom is 0.254 e. The highest BCUT2D eigenvalue weighted by molar-refractivity contribution is 5.52. The van der Waals surface area contributed by atoms with Crippen LogP contribution >= 0.6 is 0 Å². The van der Waals surface area contributed by atoms with Gasteiger partial charge in [-0.1, -0.05) is 6.92 Å². The number of nitrogens with zero attached hydrogens (tertiary/aromatic N) is 3. The molecule has 0 amide bonds. The number of aromatic amines is 1. The molecule has 84 valence electrons. The van der Waals surface area contributed by atoms with E-state index in [9.17, 15) is 4.79 Å². The topological polar surface area (TPSA) is 63.6 Å². The molecule has 0 aliphatic carbocycles. The van der Waals surface area contributed by atoms with Crippen molar-refractivity contribution >= 4 is 0 Å². The second-order valence-corrected chi connectivity index (χ2v) is 3.74. The predicted octanol–water partition coefficient (Wildman–Crippen LogP) is 1.04. The molecule has 5 nitrogen and oxygen atoms in total. The van der Waals surface area contributed by atoms with Gasteiger partial charge < -0.3 is 4.98 Å². The van der Waals surface area contributed by atoms with E-state index >= 15 is 0 Å². The molecule has 0 fully saturated rings. The van der Waals surface area contributed by atoms with Crippen molar-refractivity contribution in [3.05, 3.63) is 34.0 Å². The molecule has 0 saturated heterocycles. The molecule has 0 aromatic carbocycles. The Bertz CT molecular complexity index is 568. The smallest absolute Gasteiger partial charge is 0.254 e. The van der Waals surface area contributed by atoms with E-state index in [0.717, 1.165) is 17.7 Å². The molecule has 2 heterocycles. The van der Waals surface area contributed by atoms with Crippen molar-refractivity contribution in [1.82, 2.24) is 19.7 Å². The Kier molecular flexibility index (Phi) is 2.60. The third kappa shape index (κ3) is 1.76. The molecule has 5 heteroatoms. The molecule has 0 unspecified atom stereocenters. The first-order valence-corrected chi connectivity index (χ1v) is 5.20. The lowest BCUT2D eigenvalue weighted by molar-refractivity contribution is 0.768. The molecule has 0 saturated carbocycles. The summed E-state index contributed by atoms with van der Waals surface area (Å²) in [5.74, 6) is 0.584. The first-order chi connectivity index (χ1) is 7.61. The van der Waals surface area contributed by atoms with Crippen molar-refractivity contribution < 1.29 is 0 Å². The van der Waals surface area contributed by atoms with Crippen LogP contribution in [0.5, 0.6) is 0 Å². The Labute approximate surface area is 93.2 Å². The van der Waals surface area contributed by atoms with Gasteiger partial charge in [-0.3, -0.25) is 9.48 Å². The van der Waals surface area contributed by atoms with Crippen LogP contribution < -0.4 is 5.56 Å². The van der Waals surface area contributed by atoms with Gasteiger partial charge in [-0.15, -0.1) is 0 Å². The number of aromatic nitrogens is 4. The molecule has 0 spiro atoms. The van der Waals surface area contributed by atoms with Gasteiger partial charge >= 0.3 is 0 Å². The van der Waals surface area contributed by atoms with Crippen LogP contribution in [-0.4, -0.2) is 19.7 Å². The van der Waals surface area contributed by atoms with Gasteiger partial charge in [0.25, 0.3) is 5.56 Å². The average molecular weight is 218 g/mol. The van der Waals surface area contributed by atoms with E-state index in [4.69, 9.17) is 0 Å². The number of H-pyrrole nitrogens is 1. The quantitative estimate of drug-likeness (QED) is 0.819. The molecule has 2 aromatic heterocycles. The van der Waals surface area contributed by atoms with E-state index in [1.807, 2.05) is 20.2 Å². The fraction of sp³-hybridized carbons (Fsp3) is 0.364. The van der Waals surface area contributed by atoms with Crippen molar-refractivity contribution in [2.45, 2.75) is 20.3 Å². The highest BCUT2D eigenvalue weighted by Crippen LogP contribution is 2.13. The van der Waals surface area contributed by atoms with Crippen LogP contribution in [0.1, 0.15) is 18.2 Å². The van der Waals surface area contributed by atoms with Crippen LogP contribution in [0.4, 0.5) is 0 Å². The van der Waals surface area contributed by atoms with E-state index < -0.39 is 0 Å². The van der Waals surface area contributed by atoms with Gasteiger partial charge in [0.2, 0.25) is 0 Å². The maximum absolute atomic E-state index is 11.7. The van der Waals surface area contributed by atoms with E-state index in [-0.39, 0.29) is 5.56 Å². The van der Waals surface area contributed by atoms with Gasteiger partial charge in [-0.05, 0) is 13.3 Å². The molecular weight excluding hydrogens is 204 g/mol. The third-order valence-corrected chi connectivity index (χ3v) is 2.57. The van der Waals surface area contributed by atoms with E-state index in [2.05, 4.69) is 15.1 Å². The summed E-state index contributed by atoms with van der Waals surface area (Å²) in [6.45, 7) is 3.78. The Balaban J connectivity index is 2.59. The molecule has 16 heavy (non-hydrogen) atoms. The highest BCUT2D eigenvalue weighted by atomic mass is 16.1.